The topological polar surface area (TPSA) is 70.4 Å². The Hall–Kier alpha value is -2.53. The van der Waals surface area contributed by atoms with E-state index in [0.717, 1.165) is 18.8 Å². The molecule has 2 aromatic carbocycles. The molecule has 0 aromatic heterocycles. The molecular weight excluding hydrogens is 276 g/mol. The van der Waals surface area contributed by atoms with Gasteiger partial charge in [0.25, 0.3) is 5.91 Å². The van der Waals surface area contributed by atoms with E-state index in [1.54, 1.807) is 12.1 Å². The van der Waals surface area contributed by atoms with Crippen molar-refractivity contribution in [3.05, 3.63) is 54.1 Å². The second kappa shape index (κ2) is 6.07. The van der Waals surface area contributed by atoms with Crippen molar-refractivity contribution in [3.8, 4) is 0 Å². The lowest BCUT2D eigenvalue weighted by Crippen LogP contribution is -2.52. The smallest absolute Gasteiger partial charge is 0.255 e. The standard InChI is InChI=1S/C17H20N4O/c1-21-10-14(11-21)19-13-8-6-12(7-9-13)17(22)20-16-5-3-2-4-15(16)18/h2-9,14,19H,10-11,18H2,1H3,(H,20,22). The van der Waals surface area contributed by atoms with Crippen LogP contribution < -0.4 is 16.4 Å². The molecule has 4 N–H and O–H groups in total. The molecule has 1 fully saturated rings. The lowest BCUT2D eigenvalue weighted by atomic mass is 10.1. The zero-order valence-corrected chi connectivity index (χ0v) is 12.5. The molecular formula is C17H20N4O. The molecule has 22 heavy (non-hydrogen) atoms. The summed E-state index contributed by atoms with van der Waals surface area (Å²) < 4.78 is 0. The largest absolute Gasteiger partial charge is 0.397 e. The van der Waals surface area contributed by atoms with E-state index in [-0.39, 0.29) is 5.91 Å². The number of rotatable bonds is 4. The van der Waals surface area contributed by atoms with Crippen molar-refractivity contribution in [2.45, 2.75) is 6.04 Å². The summed E-state index contributed by atoms with van der Waals surface area (Å²) in [4.78, 5) is 14.5. The first-order valence-corrected chi connectivity index (χ1v) is 7.33. The van der Waals surface area contributed by atoms with Crippen molar-refractivity contribution in [1.29, 1.82) is 0 Å². The molecule has 2 aromatic rings. The van der Waals surface area contributed by atoms with Gasteiger partial charge in [0.15, 0.2) is 0 Å². The summed E-state index contributed by atoms with van der Waals surface area (Å²) >= 11 is 0. The third-order valence-electron chi connectivity index (χ3n) is 3.79. The van der Waals surface area contributed by atoms with Crippen LogP contribution in [-0.4, -0.2) is 37.0 Å². The normalized spacial score (nSPS) is 15.1. The van der Waals surface area contributed by atoms with E-state index in [4.69, 9.17) is 5.73 Å². The Morgan fingerprint density at radius 3 is 2.45 bits per heavy atom. The van der Waals surface area contributed by atoms with Crippen molar-refractivity contribution in [2.75, 3.05) is 36.5 Å². The number of nitrogen functional groups attached to an aromatic ring is 1. The Bertz CT molecular complexity index is 663. The van der Waals surface area contributed by atoms with E-state index in [2.05, 4.69) is 22.6 Å². The van der Waals surface area contributed by atoms with Gasteiger partial charge in [-0.3, -0.25) is 4.79 Å². The molecule has 5 nitrogen and oxygen atoms in total. The number of para-hydroxylation sites is 2. The molecule has 1 aliphatic heterocycles. The van der Waals surface area contributed by atoms with Crippen molar-refractivity contribution in [2.24, 2.45) is 0 Å². The van der Waals surface area contributed by atoms with Crippen LogP contribution >= 0.6 is 0 Å². The van der Waals surface area contributed by atoms with Crippen molar-refractivity contribution in [3.63, 3.8) is 0 Å². The van der Waals surface area contributed by atoms with Gasteiger partial charge in [-0.15, -0.1) is 0 Å². The average molecular weight is 296 g/mol. The van der Waals surface area contributed by atoms with Crippen molar-refractivity contribution < 1.29 is 4.79 Å². The first-order chi connectivity index (χ1) is 10.6. The van der Waals surface area contributed by atoms with Gasteiger partial charge in [-0.1, -0.05) is 12.1 Å². The van der Waals surface area contributed by atoms with Crippen LogP contribution in [0.2, 0.25) is 0 Å². The fourth-order valence-electron chi connectivity index (χ4n) is 2.55. The van der Waals surface area contributed by atoms with Crippen LogP contribution in [0.25, 0.3) is 0 Å². The highest BCUT2D eigenvalue weighted by Crippen LogP contribution is 2.19. The van der Waals surface area contributed by atoms with Crippen LogP contribution in [-0.2, 0) is 0 Å². The van der Waals surface area contributed by atoms with E-state index < -0.39 is 0 Å². The number of carbonyl (C=O) groups excluding carboxylic acids is 1. The number of carbonyl (C=O) groups is 1. The van der Waals surface area contributed by atoms with Crippen LogP contribution in [0, 0.1) is 0 Å². The molecule has 0 unspecified atom stereocenters. The fraction of sp³-hybridized carbons (Fsp3) is 0.235. The van der Waals surface area contributed by atoms with Gasteiger partial charge < -0.3 is 21.3 Å². The molecule has 1 amide bonds. The maximum Gasteiger partial charge on any atom is 0.255 e. The van der Waals surface area contributed by atoms with Crippen LogP contribution in [0.3, 0.4) is 0 Å². The number of benzene rings is 2. The molecule has 1 aliphatic rings. The van der Waals surface area contributed by atoms with Crippen molar-refractivity contribution >= 4 is 23.0 Å². The summed E-state index contributed by atoms with van der Waals surface area (Å²) in [6, 6.07) is 15.2. The van der Waals surface area contributed by atoms with E-state index in [9.17, 15) is 4.79 Å². The third-order valence-corrected chi connectivity index (χ3v) is 3.79. The second-order valence-electron chi connectivity index (χ2n) is 5.68. The first-order valence-electron chi connectivity index (χ1n) is 7.33. The number of hydrogen-bond donors (Lipinski definition) is 3. The summed E-state index contributed by atoms with van der Waals surface area (Å²) in [5, 5.41) is 6.26. The summed E-state index contributed by atoms with van der Waals surface area (Å²) in [5.74, 6) is -0.159. The zero-order chi connectivity index (χ0) is 15.5. The molecule has 0 atom stereocenters. The van der Waals surface area contributed by atoms with Gasteiger partial charge in [0.2, 0.25) is 0 Å². The highest BCUT2D eigenvalue weighted by Gasteiger charge is 2.22. The van der Waals surface area contributed by atoms with Crippen LogP contribution in [0.5, 0.6) is 0 Å². The van der Waals surface area contributed by atoms with Gasteiger partial charge >= 0.3 is 0 Å². The van der Waals surface area contributed by atoms with Gasteiger partial charge in [0.1, 0.15) is 0 Å². The van der Waals surface area contributed by atoms with Crippen LogP contribution in [0.15, 0.2) is 48.5 Å². The molecule has 0 aliphatic carbocycles. The Morgan fingerprint density at radius 2 is 1.82 bits per heavy atom. The highest BCUT2D eigenvalue weighted by molar-refractivity contribution is 6.05. The molecule has 0 spiro atoms. The van der Waals surface area contributed by atoms with Gasteiger partial charge in [-0.25, -0.2) is 0 Å². The molecule has 0 radical (unpaired) electrons. The second-order valence-corrected chi connectivity index (χ2v) is 5.68. The average Bonchev–Trinajstić information content (AvgIpc) is 2.49. The van der Waals surface area contributed by atoms with Gasteiger partial charge in [0, 0.05) is 24.3 Å². The molecule has 3 rings (SSSR count). The minimum Gasteiger partial charge on any atom is -0.397 e. The number of nitrogens with zero attached hydrogens (tertiary/aromatic N) is 1. The number of hydrogen-bond acceptors (Lipinski definition) is 4. The van der Waals surface area contributed by atoms with E-state index in [1.807, 2.05) is 36.4 Å². The summed E-state index contributed by atoms with van der Waals surface area (Å²) in [5.41, 5.74) is 8.67. The van der Waals surface area contributed by atoms with Gasteiger partial charge in [0.05, 0.1) is 17.4 Å². The molecule has 1 heterocycles. The summed E-state index contributed by atoms with van der Waals surface area (Å²) in [7, 11) is 2.10. The quantitative estimate of drug-likeness (QED) is 0.757. The molecule has 5 heteroatoms. The van der Waals surface area contributed by atoms with E-state index >= 15 is 0 Å². The summed E-state index contributed by atoms with van der Waals surface area (Å²) in [6.45, 7) is 2.10. The number of anilines is 3. The Balaban J connectivity index is 1.62. The third kappa shape index (κ3) is 3.20. The molecule has 114 valence electrons. The molecule has 1 saturated heterocycles. The molecule has 0 bridgehead atoms. The minimum atomic E-state index is -0.159. The maximum atomic E-state index is 12.2. The predicted molar refractivity (Wildman–Crippen MR) is 90.2 cm³/mol. The SMILES string of the molecule is CN1CC(Nc2ccc(C(=O)Nc3ccccc3N)cc2)C1. The number of likely N-dealkylation sites (tertiary alicyclic amines) is 1. The van der Waals surface area contributed by atoms with Crippen LogP contribution in [0.1, 0.15) is 10.4 Å². The lowest BCUT2D eigenvalue weighted by Gasteiger charge is -2.37. The molecule has 0 saturated carbocycles. The van der Waals surface area contributed by atoms with E-state index in [0.29, 0.717) is 23.0 Å². The predicted octanol–water partition coefficient (Wildman–Crippen LogP) is 2.25. The summed E-state index contributed by atoms with van der Waals surface area (Å²) in [6.07, 6.45) is 0. The number of likely N-dealkylation sites (N-methyl/N-ethyl adjacent to an activating group) is 1. The fourth-order valence-corrected chi connectivity index (χ4v) is 2.55. The Labute approximate surface area is 130 Å². The number of nitrogens with one attached hydrogen (secondary N) is 2. The van der Waals surface area contributed by atoms with Crippen LogP contribution in [0.4, 0.5) is 17.1 Å². The van der Waals surface area contributed by atoms with E-state index in [1.165, 1.54) is 0 Å². The van der Waals surface area contributed by atoms with Crippen molar-refractivity contribution in [1.82, 2.24) is 4.90 Å². The number of amides is 1. The first kappa shape index (κ1) is 14.4. The monoisotopic (exact) mass is 296 g/mol. The zero-order valence-electron chi connectivity index (χ0n) is 12.5. The van der Waals surface area contributed by atoms with Gasteiger partial charge in [-0.05, 0) is 43.4 Å². The maximum absolute atomic E-state index is 12.2. The highest BCUT2D eigenvalue weighted by atomic mass is 16.1. The Kier molecular flexibility index (Phi) is 3.98. The number of nitrogens with two attached hydrogens (primary N) is 1. The minimum absolute atomic E-state index is 0.159. The van der Waals surface area contributed by atoms with Gasteiger partial charge in [-0.2, -0.15) is 0 Å². The Morgan fingerprint density at radius 1 is 1.14 bits per heavy atom. The lowest BCUT2D eigenvalue weighted by molar-refractivity contribution is 0.102.